The summed E-state index contributed by atoms with van der Waals surface area (Å²) in [6.45, 7) is 15.0. The molecule has 15 aromatic rings. The standard InChI is InChI=1S/C35H35Cl2N5O.C34H33Cl2N5O.C14H9Cl2NO.C6H17N3/c1-22-6-12-30-28(18-22)34(26-10-7-23(36)19-32(26)40-30)38-14-4-16-42(2)17-5-15-39-35-27-11-8-24(37)20-33(27)41-31-13-9-25(43-3)21-29(31)35;1-21-5-11-29-27(17-21)33(25-9-6-22(35)18-31(25)40-29)38-15-3-13-37-14-4-16-39-34-26-10-7-23(36)19-32(26)41-30-12-8-24(42-2)20-28(30)34;1-18-9-3-5-12-11(7-9)14(16)10-4-2-8(15)6-13(10)17-12;7-3-1-5-9-6-2-4-8/h6-13,18-21H,4-5,14-17H2,1-3H3,(H,38,40)(H,39,41);5-12,17-20,37H,3-4,13-16H2,1-2H3,(H,38,40)(H,39,41);2-7H,1H3;9H,1-8H2. The minimum Gasteiger partial charge on any atom is -0.497 e. The van der Waals surface area contributed by atoms with E-state index in [4.69, 9.17) is 115 Å². The van der Waals surface area contributed by atoms with Crippen LogP contribution in [0.1, 0.15) is 49.7 Å². The molecule has 0 unspecified atom stereocenters. The van der Waals surface area contributed by atoms with Crippen LogP contribution in [0.4, 0.5) is 22.7 Å². The van der Waals surface area contributed by atoms with E-state index in [1.54, 1.807) is 21.3 Å². The molecule has 0 radical (unpaired) electrons. The first-order chi connectivity index (χ1) is 54.5. The van der Waals surface area contributed by atoms with Crippen molar-refractivity contribution in [2.45, 2.75) is 52.4 Å². The van der Waals surface area contributed by atoms with Gasteiger partial charge in [0.15, 0.2) is 0 Å². The summed E-state index contributed by atoms with van der Waals surface area (Å²) in [6.07, 6.45) is 6.13. The van der Waals surface area contributed by atoms with Crippen molar-refractivity contribution in [3.05, 3.63) is 223 Å². The van der Waals surface area contributed by atoms with Crippen molar-refractivity contribution in [1.82, 2.24) is 40.5 Å². The van der Waals surface area contributed by atoms with Crippen LogP contribution >= 0.6 is 69.6 Å². The average Bonchev–Trinajstić information content (AvgIpc) is 0.811. The van der Waals surface area contributed by atoms with Crippen molar-refractivity contribution in [3.63, 3.8) is 0 Å². The molecule has 17 nitrogen and oxygen atoms in total. The predicted octanol–water partition coefficient (Wildman–Crippen LogP) is 21.5. The van der Waals surface area contributed by atoms with Gasteiger partial charge in [-0.05, 0) is 282 Å². The minimum absolute atomic E-state index is 0.652. The summed E-state index contributed by atoms with van der Waals surface area (Å²) < 4.78 is 16.2. The van der Waals surface area contributed by atoms with Crippen LogP contribution < -0.4 is 57.6 Å². The van der Waals surface area contributed by atoms with Gasteiger partial charge >= 0.3 is 0 Å². The average molecular weight is 1620 g/mol. The molecule has 5 heterocycles. The van der Waals surface area contributed by atoms with Gasteiger partial charge in [-0.25, -0.2) is 24.9 Å². The first kappa shape index (κ1) is 82.2. The number of aryl methyl sites for hydroxylation is 2. The Morgan fingerprint density at radius 2 is 0.571 bits per heavy atom. The normalized spacial score (nSPS) is 11.4. The zero-order valence-electron chi connectivity index (χ0n) is 63.9. The smallest absolute Gasteiger partial charge is 0.119 e. The Hall–Kier alpha value is -9.31. The van der Waals surface area contributed by atoms with Gasteiger partial charge in [-0.1, -0.05) is 92.9 Å². The van der Waals surface area contributed by atoms with Gasteiger partial charge in [0.05, 0.1) is 104 Å². The molecule has 5 aromatic heterocycles. The maximum absolute atomic E-state index is 6.42. The molecule has 112 heavy (non-hydrogen) atoms. The highest BCUT2D eigenvalue weighted by Crippen LogP contribution is 2.40. The number of nitrogens with two attached hydrogens (primary N) is 2. The lowest BCUT2D eigenvalue weighted by Gasteiger charge is -2.19. The maximum atomic E-state index is 6.42. The van der Waals surface area contributed by atoms with Crippen LogP contribution in [0.2, 0.25) is 30.1 Å². The van der Waals surface area contributed by atoms with Crippen LogP contribution in [-0.4, -0.2) is 137 Å². The SMILES string of the molecule is COc1ccc2nc3cc(Cl)ccc3c(Cl)c2c1.COc1ccc2nc3cc(Cl)ccc3c(NCCCN(C)CCCNc3c4ccc(Cl)cc4nc4ccc(C)cc34)c2c1.COc1ccc2nc3cc(Cl)ccc3c(NCCCNCCCNc3c4ccc(Cl)cc4nc4ccc(C)cc34)c2c1.NCCCNCCCN. The van der Waals surface area contributed by atoms with Gasteiger partial charge in [0, 0.05) is 105 Å². The van der Waals surface area contributed by atoms with Crippen LogP contribution in [0.5, 0.6) is 17.2 Å². The monoisotopic (exact) mass is 1620 g/mol. The van der Waals surface area contributed by atoms with Gasteiger partial charge in [0.1, 0.15) is 17.2 Å². The molecule has 0 fully saturated rings. The second kappa shape index (κ2) is 39.9. The summed E-state index contributed by atoms with van der Waals surface area (Å²) in [5, 5.41) is 36.1. The number of nitrogens with zero attached hydrogens (tertiary/aromatic N) is 6. The quantitative estimate of drug-likeness (QED) is 0.0161. The first-order valence-electron chi connectivity index (χ1n) is 37.8. The highest BCUT2D eigenvalue weighted by Gasteiger charge is 2.17. The highest BCUT2D eigenvalue weighted by molar-refractivity contribution is 6.41. The van der Waals surface area contributed by atoms with Crippen LogP contribution in [0.15, 0.2) is 182 Å². The fraction of sp³-hybridized carbons (Fsp3) is 0.270. The minimum atomic E-state index is 0.652. The van der Waals surface area contributed by atoms with Gasteiger partial charge in [0.2, 0.25) is 0 Å². The molecule has 0 aliphatic heterocycles. The molecular formula is C89H94Cl6N14O3. The molecule has 0 saturated carbocycles. The Kier molecular flexibility index (Phi) is 29.3. The summed E-state index contributed by atoms with van der Waals surface area (Å²) in [7, 11) is 7.18. The largest absolute Gasteiger partial charge is 0.497 e. The van der Waals surface area contributed by atoms with Crippen molar-refractivity contribution in [3.8, 4) is 17.2 Å². The van der Waals surface area contributed by atoms with E-state index in [1.165, 1.54) is 11.1 Å². The van der Waals surface area contributed by atoms with Crippen LogP contribution in [0.25, 0.3) is 109 Å². The van der Waals surface area contributed by atoms with Crippen LogP contribution in [-0.2, 0) is 0 Å². The lowest BCUT2D eigenvalue weighted by Crippen LogP contribution is -2.24. The molecule has 15 rings (SSSR count). The number of fused-ring (bicyclic) bond motifs is 10. The van der Waals surface area contributed by atoms with Crippen LogP contribution in [0, 0.1) is 13.8 Å². The third-order valence-corrected chi connectivity index (χ3v) is 20.9. The molecule has 23 heteroatoms. The van der Waals surface area contributed by atoms with E-state index >= 15 is 0 Å². The second-order valence-electron chi connectivity index (χ2n) is 27.6. The van der Waals surface area contributed by atoms with E-state index in [-0.39, 0.29) is 0 Å². The molecule has 0 aliphatic rings. The number of halogens is 6. The molecule has 10 aromatic carbocycles. The first-order valence-corrected chi connectivity index (χ1v) is 40.1. The topological polar surface area (TPSA) is 220 Å². The third-order valence-electron chi connectivity index (χ3n) is 19.4. The lowest BCUT2D eigenvalue weighted by molar-refractivity contribution is 0.331. The summed E-state index contributed by atoms with van der Waals surface area (Å²) in [4.78, 5) is 26.3. The number of methoxy groups -OCH3 is 3. The number of hydrogen-bond acceptors (Lipinski definition) is 17. The van der Waals surface area contributed by atoms with Gasteiger partial charge in [-0.2, -0.15) is 0 Å². The van der Waals surface area contributed by atoms with Crippen molar-refractivity contribution in [2.24, 2.45) is 11.5 Å². The molecule has 0 saturated heterocycles. The Morgan fingerprint density at radius 3 is 0.902 bits per heavy atom. The number of benzene rings is 10. The Morgan fingerprint density at radius 1 is 0.295 bits per heavy atom. The van der Waals surface area contributed by atoms with Crippen molar-refractivity contribution in [2.75, 3.05) is 128 Å². The molecule has 0 aliphatic carbocycles. The molecule has 0 amide bonds. The number of nitrogens with one attached hydrogen (secondary N) is 6. The van der Waals surface area contributed by atoms with Crippen molar-refractivity contribution >= 4 is 201 Å². The van der Waals surface area contributed by atoms with Crippen LogP contribution in [0.3, 0.4) is 0 Å². The van der Waals surface area contributed by atoms with Gasteiger partial charge in [-0.3, -0.25) is 0 Å². The predicted molar refractivity (Wildman–Crippen MR) is 478 cm³/mol. The summed E-state index contributed by atoms with van der Waals surface area (Å²) >= 11 is 37.5. The fourth-order valence-electron chi connectivity index (χ4n) is 13.6. The zero-order chi connectivity index (χ0) is 78.6. The van der Waals surface area contributed by atoms with E-state index in [0.29, 0.717) is 30.1 Å². The van der Waals surface area contributed by atoms with E-state index in [1.807, 2.05) is 133 Å². The van der Waals surface area contributed by atoms with Crippen molar-refractivity contribution in [1.29, 1.82) is 0 Å². The van der Waals surface area contributed by atoms with E-state index in [9.17, 15) is 0 Å². The van der Waals surface area contributed by atoms with Gasteiger partial charge in [0.25, 0.3) is 0 Å². The zero-order valence-corrected chi connectivity index (χ0v) is 68.4. The number of aromatic nitrogens is 5. The maximum Gasteiger partial charge on any atom is 0.119 e. The van der Waals surface area contributed by atoms with Gasteiger partial charge < -0.3 is 62.5 Å². The number of pyridine rings is 5. The third kappa shape index (κ3) is 20.9. The fourth-order valence-corrected chi connectivity index (χ4v) is 14.8. The summed E-state index contributed by atoms with van der Waals surface area (Å²) in [5.41, 5.74) is 26.3. The van der Waals surface area contributed by atoms with Crippen molar-refractivity contribution < 1.29 is 14.2 Å². The number of ether oxygens (including phenoxy) is 3. The lowest BCUT2D eigenvalue weighted by atomic mass is 10.1. The molecular weight excluding hydrogens is 1530 g/mol. The molecule has 10 N–H and O–H groups in total. The Labute approximate surface area is 683 Å². The summed E-state index contributed by atoms with van der Waals surface area (Å²) in [5.74, 6) is 2.38. The molecule has 0 bridgehead atoms. The van der Waals surface area contributed by atoms with Gasteiger partial charge in [-0.15, -0.1) is 0 Å². The summed E-state index contributed by atoms with van der Waals surface area (Å²) in [6, 6.07) is 59.4. The second-order valence-corrected chi connectivity index (χ2v) is 30.1. The molecule has 0 atom stereocenters. The highest BCUT2D eigenvalue weighted by atomic mass is 35.5. The van der Waals surface area contributed by atoms with E-state index < -0.39 is 0 Å². The molecule has 0 spiro atoms. The number of rotatable bonds is 29. The van der Waals surface area contributed by atoms with E-state index in [2.05, 4.69) is 111 Å². The number of anilines is 4. The Bertz CT molecular complexity index is 5800. The number of hydrogen-bond donors (Lipinski definition) is 8. The molecule has 580 valence electrons. The van der Waals surface area contributed by atoms with E-state index in [0.717, 1.165) is 266 Å². The Balaban J connectivity index is 0.000000157.